The van der Waals surface area contributed by atoms with Crippen LogP contribution in [0.25, 0.3) is 11.3 Å². The third kappa shape index (κ3) is 2.84. The van der Waals surface area contributed by atoms with Crippen molar-refractivity contribution in [2.45, 2.75) is 19.8 Å². The Morgan fingerprint density at radius 3 is 2.79 bits per heavy atom. The third-order valence-corrected chi connectivity index (χ3v) is 3.43. The van der Waals surface area contributed by atoms with Crippen LogP contribution in [-0.2, 0) is 11.0 Å². The molecule has 0 aromatic carbocycles. The fourth-order valence-electron chi connectivity index (χ4n) is 1.71. The lowest BCUT2D eigenvalue weighted by atomic mass is 10.2. The van der Waals surface area contributed by atoms with Crippen LogP contribution in [0.15, 0.2) is 22.9 Å². The van der Waals surface area contributed by atoms with E-state index < -0.39 is 13.1 Å². The zero-order chi connectivity index (χ0) is 14.0. The van der Waals surface area contributed by atoms with Crippen LogP contribution in [-0.4, -0.2) is 19.8 Å². The molecule has 0 saturated carbocycles. The highest BCUT2D eigenvalue weighted by Gasteiger charge is 2.27. The summed E-state index contributed by atoms with van der Waals surface area (Å²) in [5, 5.41) is 0. The molecule has 0 aliphatic heterocycles. The van der Waals surface area contributed by atoms with Gasteiger partial charge in [-0.15, -0.1) is 0 Å². The lowest BCUT2D eigenvalue weighted by Crippen LogP contribution is -2.07. The Morgan fingerprint density at radius 1 is 1.47 bits per heavy atom. The van der Waals surface area contributed by atoms with Gasteiger partial charge in [-0.1, -0.05) is 13.3 Å². The summed E-state index contributed by atoms with van der Waals surface area (Å²) >= 11 is 0. The predicted octanol–water partition coefficient (Wildman–Crippen LogP) is 1.07. The van der Waals surface area contributed by atoms with Crippen molar-refractivity contribution < 1.29 is 18.8 Å². The lowest BCUT2D eigenvalue weighted by Gasteiger charge is -2.06. The fourth-order valence-corrected chi connectivity index (χ4v) is 2.41. The molecule has 0 saturated heterocycles. The molecule has 0 fully saturated rings. The Labute approximate surface area is 109 Å². The number of aromatic nitrogens is 2. The van der Waals surface area contributed by atoms with Gasteiger partial charge >= 0.3 is 7.60 Å². The largest absolute Gasteiger partial charge is 0.456 e. The molecule has 0 atom stereocenters. The molecular weight excluding hydrogens is 269 g/mol. The number of nitrogens with two attached hydrogens (primary N) is 1. The minimum atomic E-state index is -4.49. The van der Waals surface area contributed by atoms with E-state index in [1.165, 1.54) is 18.5 Å². The molecule has 0 spiro atoms. The van der Waals surface area contributed by atoms with Gasteiger partial charge in [0.05, 0.1) is 29.4 Å². The molecule has 0 aliphatic carbocycles. The van der Waals surface area contributed by atoms with E-state index in [0.717, 1.165) is 6.42 Å². The molecule has 0 amide bonds. The van der Waals surface area contributed by atoms with Gasteiger partial charge in [-0.05, 0) is 12.5 Å². The van der Waals surface area contributed by atoms with Gasteiger partial charge in [0.15, 0.2) is 0 Å². The Hall–Kier alpha value is -1.69. The molecule has 102 valence electrons. The van der Waals surface area contributed by atoms with Gasteiger partial charge in [0.2, 0.25) is 5.50 Å². The summed E-state index contributed by atoms with van der Waals surface area (Å²) in [6.45, 7) is 2.00. The SMILES string of the molecule is CCCc1ncc(-c2ccoc2P(=O)(O)O)nc1N. The maximum absolute atomic E-state index is 11.3. The van der Waals surface area contributed by atoms with E-state index in [1.54, 1.807) is 0 Å². The quantitative estimate of drug-likeness (QED) is 0.717. The van der Waals surface area contributed by atoms with E-state index in [-0.39, 0.29) is 17.1 Å². The van der Waals surface area contributed by atoms with Crippen molar-refractivity contribution in [1.29, 1.82) is 0 Å². The summed E-state index contributed by atoms with van der Waals surface area (Å²) in [5.41, 5.74) is 6.51. The van der Waals surface area contributed by atoms with E-state index in [0.29, 0.717) is 12.1 Å². The van der Waals surface area contributed by atoms with Crippen LogP contribution in [0.1, 0.15) is 19.0 Å². The number of rotatable bonds is 4. The normalized spacial score (nSPS) is 11.7. The molecule has 2 heterocycles. The van der Waals surface area contributed by atoms with Crippen molar-refractivity contribution in [3.8, 4) is 11.3 Å². The van der Waals surface area contributed by atoms with E-state index in [4.69, 9.17) is 19.9 Å². The zero-order valence-corrected chi connectivity index (χ0v) is 11.2. The van der Waals surface area contributed by atoms with Gasteiger partial charge in [0, 0.05) is 0 Å². The minimum Gasteiger partial charge on any atom is -0.456 e. The van der Waals surface area contributed by atoms with Crippen LogP contribution < -0.4 is 11.2 Å². The first-order chi connectivity index (χ1) is 8.93. The molecule has 2 aromatic rings. The molecule has 0 bridgehead atoms. The van der Waals surface area contributed by atoms with Gasteiger partial charge in [0.25, 0.3) is 0 Å². The van der Waals surface area contributed by atoms with Gasteiger partial charge in [-0.3, -0.25) is 9.55 Å². The molecule has 0 radical (unpaired) electrons. The molecule has 8 heteroatoms. The lowest BCUT2D eigenvalue weighted by molar-refractivity contribution is 0.377. The molecule has 0 aliphatic rings. The second kappa shape index (κ2) is 5.13. The van der Waals surface area contributed by atoms with E-state index in [1.807, 2.05) is 6.92 Å². The van der Waals surface area contributed by atoms with Crippen LogP contribution in [0.5, 0.6) is 0 Å². The van der Waals surface area contributed by atoms with E-state index in [9.17, 15) is 4.57 Å². The summed E-state index contributed by atoms with van der Waals surface area (Å²) in [7, 11) is -4.49. The van der Waals surface area contributed by atoms with Crippen LogP contribution in [0.2, 0.25) is 0 Å². The van der Waals surface area contributed by atoms with Crippen LogP contribution in [0, 0.1) is 0 Å². The molecule has 4 N–H and O–H groups in total. The average molecular weight is 283 g/mol. The van der Waals surface area contributed by atoms with Crippen LogP contribution in [0.3, 0.4) is 0 Å². The molecule has 0 unspecified atom stereocenters. The molecule has 19 heavy (non-hydrogen) atoms. The van der Waals surface area contributed by atoms with Crippen molar-refractivity contribution in [3.63, 3.8) is 0 Å². The summed E-state index contributed by atoms with van der Waals surface area (Å²) < 4.78 is 16.1. The maximum atomic E-state index is 11.3. The summed E-state index contributed by atoms with van der Waals surface area (Å²) in [4.78, 5) is 26.6. The fraction of sp³-hybridized carbons (Fsp3) is 0.273. The molecule has 7 nitrogen and oxygen atoms in total. The van der Waals surface area contributed by atoms with E-state index >= 15 is 0 Å². The van der Waals surface area contributed by atoms with Crippen molar-refractivity contribution in [3.05, 3.63) is 24.2 Å². The first-order valence-electron chi connectivity index (χ1n) is 5.69. The minimum absolute atomic E-state index is 0.204. The highest BCUT2D eigenvalue weighted by Crippen LogP contribution is 2.38. The second-order valence-electron chi connectivity index (χ2n) is 4.02. The number of nitrogens with zero attached hydrogens (tertiary/aromatic N) is 2. The monoisotopic (exact) mass is 283 g/mol. The number of anilines is 1. The number of hydrogen-bond acceptors (Lipinski definition) is 5. The van der Waals surface area contributed by atoms with Crippen molar-refractivity contribution in [2.75, 3.05) is 5.73 Å². The van der Waals surface area contributed by atoms with Crippen molar-refractivity contribution >= 4 is 18.9 Å². The first-order valence-corrected chi connectivity index (χ1v) is 7.30. The van der Waals surface area contributed by atoms with Gasteiger partial charge in [-0.2, -0.15) is 0 Å². The highest BCUT2D eigenvalue weighted by molar-refractivity contribution is 7.60. The number of furan rings is 1. The van der Waals surface area contributed by atoms with Gasteiger partial charge in [0.1, 0.15) is 5.82 Å². The predicted molar refractivity (Wildman–Crippen MR) is 69.8 cm³/mol. The Morgan fingerprint density at radius 2 is 2.21 bits per heavy atom. The maximum Gasteiger partial charge on any atom is 0.391 e. The standard InChI is InChI=1S/C11H14N3O4P/c1-2-3-8-10(12)14-9(6-13-8)7-4-5-18-11(7)19(15,16)17/h4-6H,2-3H2,1H3,(H2,12,14)(H2,15,16,17). The summed E-state index contributed by atoms with van der Waals surface area (Å²) in [6.07, 6.45) is 4.22. The molecule has 2 rings (SSSR count). The van der Waals surface area contributed by atoms with Gasteiger partial charge in [-0.25, -0.2) is 4.98 Å². The average Bonchev–Trinajstić information content (AvgIpc) is 2.80. The van der Waals surface area contributed by atoms with Crippen LogP contribution >= 0.6 is 7.60 Å². The second-order valence-corrected chi connectivity index (χ2v) is 5.51. The van der Waals surface area contributed by atoms with E-state index in [2.05, 4.69) is 9.97 Å². The third-order valence-electron chi connectivity index (χ3n) is 2.55. The number of nitrogen functional groups attached to an aromatic ring is 1. The molecule has 2 aromatic heterocycles. The molecular formula is C11H14N3O4P. The van der Waals surface area contributed by atoms with Gasteiger partial charge < -0.3 is 19.9 Å². The summed E-state index contributed by atoms with van der Waals surface area (Å²) in [6, 6.07) is 1.43. The Kier molecular flexibility index (Phi) is 3.71. The Balaban J connectivity index is 2.46. The van der Waals surface area contributed by atoms with Crippen molar-refractivity contribution in [2.24, 2.45) is 0 Å². The van der Waals surface area contributed by atoms with Crippen LogP contribution in [0.4, 0.5) is 5.82 Å². The Bertz CT molecular complexity index is 635. The first kappa shape index (κ1) is 13.7. The zero-order valence-electron chi connectivity index (χ0n) is 10.3. The smallest absolute Gasteiger partial charge is 0.391 e. The van der Waals surface area contributed by atoms with Crippen molar-refractivity contribution in [1.82, 2.24) is 9.97 Å². The highest BCUT2D eigenvalue weighted by atomic mass is 31.2. The summed E-state index contributed by atoms with van der Waals surface area (Å²) in [5.74, 6) is 0.261. The number of hydrogen-bond donors (Lipinski definition) is 3. The number of aryl methyl sites for hydroxylation is 1. The topological polar surface area (TPSA) is 122 Å².